The minimum atomic E-state index is -3.91. The Morgan fingerprint density at radius 1 is 0.963 bits per heavy atom. The lowest BCUT2D eigenvalue weighted by atomic mass is 9.89. The van der Waals surface area contributed by atoms with Gasteiger partial charge in [0.1, 0.15) is 0 Å². The van der Waals surface area contributed by atoms with Crippen LogP contribution in [0.3, 0.4) is 0 Å². The Morgan fingerprint density at radius 2 is 1.56 bits per heavy atom. The first-order valence-corrected chi connectivity index (χ1v) is 10.3. The van der Waals surface area contributed by atoms with Crippen molar-refractivity contribution in [3.05, 3.63) is 65.7 Å². The highest BCUT2D eigenvalue weighted by Gasteiger charge is 2.29. The summed E-state index contributed by atoms with van der Waals surface area (Å²) in [6, 6.07) is 14.7. The number of carbonyl (C=O) groups is 2. The van der Waals surface area contributed by atoms with Crippen LogP contribution in [0.25, 0.3) is 0 Å². The van der Waals surface area contributed by atoms with E-state index in [0.29, 0.717) is 31.5 Å². The zero-order valence-corrected chi connectivity index (χ0v) is 15.9. The molecule has 1 heterocycles. The van der Waals surface area contributed by atoms with E-state index in [-0.39, 0.29) is 16.6 Å². The predicted octanol–water partition coefficient (Wildman–Crippen LogP) is 2.99. The summed E-state index contributed by atoms with van der Waals surface area (Å²) in [6.45, 7) is 2.55. The number of ketones is 1. The SMILES string of the molecule is Cc1ccc(S(=O)(=O)NC(=O)N2CCC(C(=O)c3ccccc3)CC2)cc1. The highest BCUT2D eigenvalue weighted by Crippen LogP contribution is 2.22. The third-order valence-corrected chi connectivity index (χ3v) is 6.10. The predicted molar refractivity (Wildman–Crippen MR) is 102 cm³/mol. The number of carbonyl (C=O) groups excluding carboxylic acids is 2. The second-order valence-corrected chi connectivity index (χ2v) is 8.40. The maximum atomic E-state index is 12.5. The second kappa shape index (κ2) is 7.92. The van der Waals surface area contributed by atoms with E-state index in [1.54, 1.807) is 24.3 Å². The number of urea groups is 1. The molecule has 0 bridgehead atoms. The fraction of sp³-hybridized carbons (Fsp3) is 0.300. The van der Waals surface area contributed by atoms with Gasteiger partial charge in [0.2, 0.25) is 0 Å². The molecule has 2 aromatic rings. The van der Waals surface area contributed by atoms with Crippen LogP contribution in [0.5, 0.6) is 0 Å². The minimum absolute atomic E-state index is 0.0515. The van der Waals surface area contributed by atoms with Crippen LogP contribution >= 0.6 is 0 Å². The van der Waals surface area contributed by atoms with Crippen molar-refractivity contribution >= 4 is 21.8 Å². The van der Waals surface area contributed by atoms with Gasteiger partial charge in [0, 0.05) is 24.6 Å². The fourth-order valence-corrected chi connectivity index (χ4v) is 4.11. The summed E-state index contributed by atoms with van der Waals surface area (Å²) in [4.78, 5) is 26.4. The molecule has 142 valence electrons. The first-order chi connectivity index (χ1) is 12.9. The summed E-state index contributed by atoms with van der Waals surface area (Å²) in [5.41, 5.74) is 1.60. The zero-order chi connectivity index (χ0) is 19.4. The van der Waals surface area contributed by atoms with Crippen molar-refractivity contribution < 1.29 is 18.0 Å². The molecule has 6 nitrogen and oxygen atoms in total. The maximum Gasteiger partial charge on any atom is 0.331 e. The van der Waals surface area contributed by atoms with Gasteiger partial charge in [-0.1, -0.05) is 48.0 Å². The number of Topliss-reactive ketones (excluding diaryl/α,β-unsaturated/α-hetero) is 1. The Kier molecular flexibility index (Phi) is 5.60. The summed E-state index contributed by atoms with van der Waals surface area (Å²) in [5, 5.41) is 0. The molecule has 1 aliphatic heterocycles. The normalized spacial score (nSPS) is 15.4. The van der Waals surface area contributed by atoms with E-state index in [4.69, 9.17) is 0 Å². The van der Waals surface area contributed by atoms with Gasteiger partial charge in [-0.3, -0.25) is 4.79 Å². The van der Waals surface area contributed by atoms with Crippen LogP contribution in [0, 0.1) is 12.8 Å². The third-order valence-electron chi connectivity index (χ3n) is 4.76. The van der Waals surface area contributed by atoms with Gasteiger partial charge in [-0.2, -0.15) is 0 Å². The number of hydrogen-bond acceptors (Lipinski definition) is 4. The summed E-state index contributed by atoms with van der Waals surface area (Å²) in [6.07, 6.45) is 1.04. The van der Waals surface area contributed by atoms with Crippen LogP contribution in [0.2, 0.25) is 0 Å². The number of nitrogens with one attached hydrogen (secondary N) is 1. The molecule has 0 aromatic heterocycles. The molecule has 2 amide bonds. The van der Waals surface area contributed by atoms with Gasteiger partial charge in [-0.15, -0.1) is 0 Å². The topological polar surface area (TPSA) is 83.6 Å². The number of likely N-dealkylation sites (tertiary alicyclic amines) is 1. The smallest absolute Gasteiger partial charge is 0.324 e. The average Bonchev–Trinajstić information content (AvgIpc) is 2.68. The largest absolute Gasteiger partial charge is 0.331 e. The zero-order valence-electron chi connectivity index (χ0n) is 15.1. The van der Waals surface area contributed by atoms with Crippen LogP contribution in [-0.2, 0) is 10.0 Å². The Hall–Kier alpha value is -2.67. The van der Waals surface area contributed by atoms with Gasteiger partial charge in [-0.25, -0.2) is 17.9 Å². The lowest BCUT2D eigenvalue weighted by Gasteiger charge is -2.31. The van der Waals surface area contributed by atoms with Gasteiger partial charge < -0.3 is 4.90 Å². The number of aryl methyl sites for hydroxylation is 1. The fourth-order valence-electron chi connectivity index (χ4n) is 3.14. The van der Waals surface area contributed by atoms with Crippen molar-refractivity contribution in [1.29, 1.82) is 0 Å². The number of rotatable bonds is 4. The molecule has 1 N–H and O–H groups in total. The van der Waals surface area contributed by atoms with Gasteiger partial charge in [0.15, 0.2) is 5.78 Å². The summed E-state index contributed by atoms with van der Waals surface area (Å²) < 4.78 is 26.8. The van der Waals surface area contributed by atoms with Gasteiger partial charge in [0.05, 0.1) is 4.90 Å². The van der Waals surface area contributed by atoms with Crippen LogP contribution in [-0.4, -0.2) is 38.2 Å². The summed E-state index contributed by atoms with van der Waals surface area (Å²) >= 11 is 0. The molecule has 3 rings (SSSR count). The molecule has 0 aliphatic carbocycles. The van der Waals surface area contributed by atoms with Gasteiger partial charge >= 0.3 is 6.03 Å². The standard InChI is InChI=1S/C20H22N2O4S/c1-15-7-9-18(10-8-15)27(25,26)21-20(24)22-13-11-17(12-14-22)19(23)16-5-3-2-4-6-16/h2-10,17H,11-14H2,1H3,(H,21,24). The van der Waals surface area contributed by atoms with Crippen molar-refractivity contribution in [1.82, 2.24) is 9.62 Å². The second-order valence-electron chi connectivity index (χ2n) is 6.72. The quantitative estimate of drug-likeness (QED) is 0.819. The number of amides is 2. The number of piperidine rings is 1. The Labute approximate surface area is 159 Å². The number of nitrogens with zero attached hydrogens (tertiary/aromatic N) is 1. The van der Waals surface area contributed by atoms with E-state index in [1.165, 1.54) is 17.0 Å². The minimum Gasteiger partial charge on any atom is -0.324 e. The molecule has 27 heavy (non-hydrogen) atoms. The Bertz CT molecular complexity index is 916. The number of hydrogen-bond donors (Lipinski definition) is 1. The van der Waals surface area contributed by atoms with Crippen molar-refractivity contribution in [3.63, 3.8) is 0 Å². The Balaban J connectivity index is 1.58. The third kappa shape index (κ3) is 4.54. The first kappa shape index (κ1) is 19.1. The number of benzene rings is 2. The Morgan fingerprint density at radius 3 is 2.15 bits per heavy atom. The van der Waals surface area contributed by atoms with Crippen LogP contribution in [0.1, 0.15) is 28.8 Å². The average molecular weight is 386 g/mol. The first-order valence-electron chi connectivity index (χ1n) is 8.84. The van der Waals surface area contributed by atoms with E-state index in [0.717, 1.165) is 5.56 Å². The molecule has 7 heteroatoms. The monoisotopic (exact) mass is 386 g/mol. The molecule has 0 spiro atoms. The maximum absolute atomic E-state index is 12.5. The van der Waals surface area contributed by atoms with E-state index in [1.807, 2.05) is 25.1 Å². The molecule has 1 fully saturated rings. The van der Waals surface area contributed by atoms with Crippen LogP contribution in [0.15, 0.2) is 59.5 Å². The van der Waals surface area contributed by atoms with Crippen molar-refractivity contribution in [3.8, 4) is 0 Å². The van der Waals surface area contributed by atoms with E-state index >= 15 is 0 Å². The molecule has 1 aliphatic rings. The van der Waals surface area contributed by atoms with E-state index in [2.05, 4.69) is 4.72 Å². The molecule has 0 unspecified atom stereocenters. The van der Waals surface area contributed by atoms with E-state index < -0.39 is 16.1 Å². The molecular weight excluding hydrogens is 364 g/mol. The molecular formula is C20H22N2O4S. The molecule has 0 saturated carbocycles. The van der Waals surface area contributed by atoms with Crippen molar-refractivity contribution in [2.24, 2.45) is 5.92 Å². The lowest BCUT2D eigenvalue weighted by Crippen LogP contribution is -2.47. The highest BCUT2D eigenvalue weighted by atomic mass is 32.2. The highest BCUT2D eigenvalue weighted by molar-refractivity contribution is 7.90. The summed E-state index contributed by atoms with van der Waals surface area (Å²) in [5.74, 6) is -0.0758. The number of sulfonamides is 1. The summed E-state index contributed by atoms with van der Waals surface area (Å²) in [7, 11) is -3.91. The molecule has 2 aromatic carbocycles. The molecule has 1 saturated heterocycles. The molecule has 0 radical (unpaired) electrons. The van der Waals surface area contributed by atoms with Gasteiger partial charge in [0.25, 0.3) is 10.0 Å². The molecule has 0 atom stereocenters. The van der Waals surface area contributed by atoms with Crippen LogP contribution < -0.4 is 4.72 Å². The van der Waals surface area contributed by atoms with Crippen molar-refractivity contribution in [2.75, 3.05) is 13.1 Å². The van der Waals surface area contributed by atoms with Crippen molar-refractivity contribution in [2.45, 2.75) is 24.7 Å². The van der Waals surface area contributed by atoms with Crippen LogP contribution in [0.4, 0.5) is 4.79 Å². The van der Waals surface area contributed by atoms with E-state index in [9.17, 15) is 18.0 Å². The lowest BCUT2D eigenvalue weighted by molar-refractivity contribution is 0.0856. The van der Waals surface area contributed by atoms with Gasteiger partial charge in [-0.05, 0) is 31.9 Å².